The second-order valence-electron chi connectivity index (χ2n) is 8.27. The van der Waals surface area contributed by atoms with E-state index in [1.54, 1.807) is 0 Å². The number of aliphatic hydroxyl groups excluding tert-OH is 2. The van der Waals surface area contributed by atoms with Crippen LogP contribution in [0.3, 0.4) is 0 Å². The van der Waals surface area contributed by atoms with Gasteiger partial charge in [-0.3, -0.25) is 0 Å². The third-order valence-corrected chi connectivity index (χ3v) is 5.74. The third-order valence-electron chi connectivity index (χ3n) is 5.74. The summed E-state index contributed by atoms with van der Waals surface area (Å²) in [5.74, 6) is 0. The van der Waals surface area contributed by atoms with Crippen molar-refractivity contribution in [1.29, 1.82) is 0 Å². The maximum absolute atomic E-state index is 9.20. The van der Waals surface area contributed by atoms with Gasteiger partial charge in [0.2, 0.25) is 0 Å². The Morgan fingerprint density at radius 2 is 1.23 bits per heavy atom. The van der Waals surface area contributed by atoms with Gasteiger partial charge in [-0.05, 0) is 12.8 Å². The molecule has 7 nitrogen and oxygen atoms in total. The van der Waals surface area contributed by atoms with E-state index in [1.165, 1.54) is 12.8 Å². The van der Waals surface area contributed by atoms with Crippen LogP contribution in [0.4, 0.5) is 0 Å². The number of halogens is 2. The molecule has 2 rings (SSSR count). The average Bonchev–Trinajstić information content (AvgIpc) is 2.78. The van der Waals surface area contributed by atoms with Crippen molar-refractivity contribution in [3.63, 3.8) is 0 Å². The van der Waals surface area contributed by atoms with Crippen LogP contribution in [0.2, 0.25) is 0 Å². The molecule has 1 unspecified atom stereocenters. The molecule has 0 aromatic carbocycles. The van der Waals surface area contributed by atoms with Crippen molar-refractivity contribution in [3.8, 4) is 0 Å². The molecular weight excluding hydrogens is 480 g/mol. The van der Waals surface area contributed by atoms with Gasteiger partial charge in [-0.25, -0.2) is 0 Å². The third kappa shape index (κ3) is 14.6. The van der Waals surface area contributed by atoms with Crippen LogP contribution in [0.25, 0.3) is 26.6 Å². The van der Waals surface area contributed by atoms with Crippen LogP contribution in [0.15, 0.2) is 0 Å². The number of rotatable bonds is 6. The van der Waals surface area contributed by atoms with Gasteiger partial charge in [-0.15, -0.1) is 0 Å². The summed E-state index contributed by atoms with van der Waals surface area (Å²) in [6.07, 6.45) is 8.03. The van der Waals surface area contributed by atoms with Gasteiger partial charge in [0.05, 0.1) is 0 Å². The monoisotopic (exact) mass is 519 g/mol. The number of aliphatic hydroxyl groups is 2. The summed E-state index contributed by atoms with van der Waals surface area (Å²) < 4.78 is 0. The first-order chi connectivity index (χ1) is 15.1. The molecule has 0 spiro atoms. The van der Waals surface area contributed by atoms with Gasteiger partial charge in [0.1, 0.15) is 0 Å². The molecule has 2 N–H and O–H groups in total. The fraction of sp³-hybridized carbons (Fsp3) is 1.00. The van der Waals surface area contributed by atoms with E-state index in [0.717, 1.165) is 71.2 Å². The van der Waals surface area contributed by atoms with Crippen LogP contribution >= 0.6 is 20.2 Å². The van der Waals surface area contributed by atoms with Gasteiger partial charge in [0.25, 0.3) is 0 Å². The Kier molecular flexibility index (Phi) is 19.5. The number of hydrogen-bond donors (Lipinski definition) is 2. The molecule has 5 atom stereocenters. The quantitative estimate of drug-likeness (QED) is 0.468. The van der Waals surface area contributed by atoms with Crippen molar-refractivity contribution in [1.82, 2.24) is 0 Å². The van der Waals surface area contributed by atoms with Crippen LogP contribution in [0.5, 0.6) is 0 Å². The van der Waals surface area contributed by atoms with Gasteiger partial charge in [-0.2, -0.15) is 62.9 Å². The molecule has 0 aromatic heterocycles. The molecule has 0 radical (unpaired) electrons. The van der Waals surface area contributed by atoms with E-state index in [0.29, 0.717) is 12.1 Å². The molecule has 31 heavy (non-hydrogen) atoms. The van der Waals surface area contributed by atoms with Crippen molar-refractivity contribution in [2.75, 3.05) is 45.9 Å². The summed E-state index contributed by atoms with van der Waals surface area (Å²) in [7, 11) is 9.59. The van der Waals surface area contributed by atoms with Crippen molar-refractivity contribution in [2.24, 2.45) is 0 Å². The van der Waals surface area contributed by atoms with Crippen molar-refractivity contribution in [3.05, 3.63) is 26.6 Å². The Bertz CT molecular complexity index is 418. The summed E-state index contributed by atoms with van der Waals surface area (Å²) in [5, 5.41) is 42.8. The molecule has 0 bridgehead atoms. The Labute approximate surface area is 204 Å². The summed E-state index contributed by atoms with van der Waals surface area (Å²) in [6.45, 7) is 6.18. The molecule has 1 saturated carbocycles. The van der Waals surface area contributed by atoms with Crippen LogP contribution in [-0.2, 0) is 13.1 Å². The standard InChI is InChI=1S/C21H40N5O2.2ClH.Mn/c1-17-14-24-19(7-5-13-28)16-26-21-9-3-2-8-20(21)25-15-18(6-4-12-27)23-11-10-22-17;;;/h17-21,27-28H,2-16H2,1H3;2*1H;/q-5;;;+2/p-2/t17-,18-,19-,20+,21?;;;/m0.../s1. The second kappa shape index (κ2) is 20.2. The molecule has 1 aliphatic heterocycles. The molecule has 0 amide bonds. The van der Waals surface area contributed by atoms with Crippen LogP contribution in [0.1, 0.15) is 58.3 Å². The van der Waals surface area contributed by atoms with Gasteiger partial charge in [0.15, 0.2) is 0 Å². The fourth-order valence-electron chi connectivity index (χ4n) is 4.04. The van der Waals surface area contributed by atoms with E-state index in [4.69, 9.17) is 41.5 Å². The first kappa shape index (κ1) is 29.9. The summed E-state index contributed by atoms with van der Waals surface area (Å²) >= 11 is 0.00694. The topological polar surface area (TPSA) is 111 Å². The molecule has 10 heteroatoms. The van der Waals surface area contributed by atoms with Gasteiger partial charge in [-0.1, -0.05) is 45.4 Å². The first-order valence-electron chi connectivity index (χ1n) is 11.6. The SMILES string of the molecule is C[C@H]1C[N-][C@@H](CCCO)C[N-]C2CCCC[C@H]2[N-]C[C@H](CCCO)[N-]CC[N-]1.[Cl][Mn][Cl]. The van der Waals surface area contributed by atoms with E-state index in [2.05, 4.69) is 12.2 Å². The fourth-order valence-corrected chi connectivity index (χ4v) is 4.04. The number of nitrogens with zero attached hydrogens (tertiary/aromatic N) is 5. The predicted molar refractivity (Wildman–Crippen MR) is 129 cm³/mol. The molecule has 1 aliphatic carbocycles. The van der Waals surface area contributed by atoms with E-state index in [-0.39, 0.29) is 44.5 Å². The van der Waals surface area contributed by atoms with Crippen molar-refractivity contribution in [2.45, 2.75) is 88.5 Å². The van der Waals surface area contributed by atoms with Crippen LogP contribution < -0.4 is 0 Å². The average molecular weight is 520 g/mol. The van der Waals surface area contributed by atoms with Gasteiger partial charge in [0, 0.05) is 13.2 Å². The van der Waals surface area contributed by atoms with Crippen molar-refractivity contribution >= 4 is 20.2 Å². The Morgan fingerprint density at radius 1 is 0.742 bits per heavy atom. The minimum absolute atomic E-state index is 0.00694. The summed E-state index contributed by atoms with van der Waals surface area (Å²) in [6, 6.07) is 1.16. The Morgan fingerprint density at radius 3 is 1.74 bits per heavy atom. The molecule has 187 valence electrons. The number of hydrogen-bond acceptors (Lipinski definition) is 2. The zero-order valence-electron chi connectivity index (χ0n) is 18.8. The molecule has 2 fully saturated rings. The van der Waals surface area contributed by atoms with Crippen LogP contribution in [0, 0.1) is 0 Å². The zero-order chi connectivity index (χ0) is 22.7. The second-order valence-corrected chi connectivity index (χ2v) is 10.2. The predicted octanol–water partition coefficient (Wildman–Crippen LogP) is 5.23. The molecule has 2 aliphatic rings. The number of fused-ring (bicyclic) bond motifs is 1. The van der Waals surface area contributed by atoms with E-state index >= 15 is 0 Å². The van der Waals surface area contributed by atoms with E-state index < -0.39 is 0 Å². The van der Waals surface area contributed by atoms with Crippen molar-refractivity contribution < 1.29 is 23.3 Å². The maximum atomic E-state index is 9.20. The molecule has 1 saturated heterocycles. The minimum atomic E-state index is 0.00694. The molecular formula is C21H40Cl2MnN5O2-5. The molecule has 0 aromatic rings. The zero-order valence-corrected chi connectivity index (χ0v) is 21.5. The summed E-state index contributed by atoms with van der Waals surface area (Å²) in [5.41, 5.74) is 0. The normalized spacial score (nSPS) is 31.5. The molecule has 1 heterocycles. The van der Waals surface area contributed by atoms with E-state index in [9.17, 15) is 10.2 Å². The Hall–Kier alpha value is 0.819. The van der Waals surface area contributed by atoms with Gasteiger partial charge < -0.3 is 36.8 Å². The van der Waals surface area contributed by atoms with Gasteiger partial charge >= 0.3 is 33.3 Å². The van der Waals surface area contributed by atoms with Crippen LogP contribution in [-0.4, -0.2) is 86.4 Å². The summed E-state index contributed by atoms with van der Waals surface area (Å²) in [4.78, 5) is 0. The van der Waals surface area contributed by atoms with E-state index in [1.807, 2.05) is 0 Å². The Balaban J connectivity index is 0.00000151. The first-order valence-corrected chi connectivity index (χ1v) is 14.8.